The zero-order valence-corrected chi connectivity index (χ0v) is 11.3. The molecule has 2 N–H and O–H groups in total. The second-order valence-corrected chi connectivity index (χ2v) is 4.87. The molecule has 0 saturated carbocycles. The highest BCUT2D eigenvalue weighted by atomic mass is 35.5. The van der Waals surface area contributed by atoms with Gasteiger partial charge in [-0.05, 0) is 12.1 Å². The smallest absolute Gasteiger partial charge is 0.222 e. The molecular weight excluding hydrogens is 262 g/mol. The maximum Gasteiger partial charge on any atom is 0.222 e. The van der Waals surface area contributed by atoms with E-state index in [1.807, 2.05) is 12.1 Å². The molecule has 1 aliphatic heterocycles. The van der Waals surface area contributed by atoms with Crippen molar-refractivity contribution in [3.05, 3.63) is 35.5 Å². The van der Waals surface area contributed by atoms with Gasteiger partial charge < -0.3 is 15.5 Å². The Morgan fingerprint density at radius 3 is 2.74 bits per heavy atom. The van der Waals surface area contributed by atoms with E-state index >= 15 is 0 Å². The summed E-state index contributed by atoms with van der Waals surface area (Å²) in [5.41, 5.74) is 7.90. The van der Waals surface area contributed by atoms with Crippen LogP contribution in [0.1, 0.15) is 0 Å². The zero-order valence-electron chi connectivity index (χ0n) is 10.5. The number of para-hydroxylation sites is 2. The van der Waals surface area contributed by atoms with Crippen LogP contribution in [0.15, 0.2) is 30.5 Å². The number of hydrogen-bond acceptors (Lipinski definition) is 5. The number of benzene rings is 1. The Morgan fingerprint density at radius 2 is 1.95 bits per heavy atom. The Balaban J connectivity index is 2.12. The van der Waals surface area contributed by atoms with Crippen molar-refractivity contribution in [2.75, 3.05) is 35.7 Å². The van der Waals surface area contributed by atoms with Crippen LogP contribution in [-0.2, 0) is 0 Å². The maximum atomic E-state index is 6.20. The molecule has 98 valence electrons. The van der Waals surface area contributed by atoms with Crippen LogP contribution in [0.3, 0.4) is 0 Å². The van der Waals surface area contributed by atoms with Gasteiger partial charge in [-0.15, -0.1) is 0 Å². The standard InChI is InChI=1S/C13H14ClN5/c1-18-6-7-19(11-5-3-2-4-10(11)18)12-9(14)8-16-13(15)17-12/h2-5,8H,6-7H2,1H3,(H2,15,16,17). The molecule has 0 aliphatic carbocycles. The molecule has 6 heteroatoms. The first-order valence-electron chi connectivity index (χ1n) is 6.02. The second kappa shape index (κ2) is 4.59. The summed E-state index contributed by atoms with van der Waals surface area (Å²) in [7, 11) is 2.08. The zero-order chi connectivity index (χ0) is 13.4. The summed E-state index contributed by atoms with van der Waals surface area (Å²) >= 11 is 6.20. The fourth-order valence-corrected chi connectivity index (χ4v) is 2.48. The van der Waals surface area contributed by atoms with E-state index in [1.165, 1.54) is 0 Å². The SMILES string of the molecule is CN1CCN(c2nc(N)ncc2Cl)c2ccccc21. The van der Waals surface area contributed by atoms with E-state index in [2.05, 4.69) is 38.9 Å². The maximum absolute atomic E-state index is 6.20. The first-order chi connectivity index (χ1) is 9.16. The quantitative estimate of drug-likeness (QED) is 0.865. The van der Waals surface area contributed by atoms with Crippen LogP contribution in [0.4, 0.5) is 23.1 Å². The molecule has 3 rings (SSSR count). The molecule has 0 saturated heterocycles. The number of nitrogens with zero attached hydrogens (tertiary/aromatic N) is 4. The molecule has 5 nitrogen and oxygen atoms in total. The Kier molecular flexibility index (Phi) is 2.91. The molecule has 1 aliphatic rings. The molecule has 0 unspecified atom stereocenters. The summed E-state index contributed by atoms with van der Waals surface area (Å²) in [5, 5.41) is 0.508. The summed E-state index contributed by atoms with van der Waals surface area (Å²) in [6.45, 7) is 1.71. The number of likely N-dealkylation sites (N-methyl/N-ethyl adjacent to an activating group) is 1. The number of nitrogens with two attached hydrogens (primary N) is 1. The molecule has 2 aromatic rings. The van der Waals surface area contributed by atoms with Gasteiger partial charge in [-0.3, -0.25) is 0 Å². The number of anilines is 4. The summed E-state index contributed by atoms with van der Waals surface area (Å²) in [5.74, 6) is 0.894. The lowest BCUT2D eigenvalue weighted by atomic mass is 10.2. The third kappa shape index (κ3) is 2.06. The highest BCUT2D eigenvalue weighted by molar-refractivity contribution is 6.33. The van der Waals surface area contributed by atoms with Crippen molar-refractivity contribution in [2.24, 2.45) is 0 Å². The lowest BCUT2D eigenvalue weighted by Crippen LogP contribution is -2.37. The van der Waals surface area contributed by atoms with Gasteiger partial charge in [-0.1, -0.05) is 23.7 Å². The van der Waals surface area contributed by atoms with E-state index in [-0.39, 0.29) is 5.95 Å². The lowest BCUT2D eigenvalue weighted by molar-refractivity contribution is 0.812. The molecule has 19 heavy (non-hydrogen) atoms. The molecule has 0 radical (unpaired) electrons. The number of fused-ring (bicyclic) bond motifs is 1. The van der Waals surface area contributed by atoms with Crippen molar-refractivity contribution in [1.29, 1.82) is 0 Å². The van der Waals surface area contributed by atoms with Gasteiger partial charge in [0, 0.05) is 20.1 Å². The summed E-state index contributed by atoms with van der Waals surface area (Å²) in [6, 6.07) is 8.16. The third-order valence-electron chi connectivity index (χ3n) is 3.24. The number of aromatic nitrogens is 2. The minimum Gasteiger partial charge on any atom is -0.371 e. The first-order valence-corrected chi connectivity index (χ1v) is 6.40. The first kappa shape index (κ1) is 12.0. The summed E-state index contributed by atoms with van der Waals surface area (Å²) in [4.78, 5) is 12.5. The van der Waals surface area contributed by atoms with E-state index in [4.69, 9.17) is 17.3 Å². The predicted molar refractivity (Wildman–Crippen MR) is 78.2 cm³/mol. The summed E-state index contributed by atoms with van der Waals surface area (Å²) in [6.07, 6.45) is 1.54. The minimum absolute atomic E-state index is 0.232. The largest absolute Gasteiger partial charge is 0.371 e. The Hall–Kier alpha value is -2.01. The van der Waals surface area contributed by atoms with Crippen LogP contribution in [0.25, 0.3) is 0 Å². The van der Waals surface area contributed by atoms with Gasteiger partial charge in [0.2, 0.25) is 5.95 Å². The molecule has 0 atom stereocenters. The minimum atomic E-state index is 0.232. The highest BCUT2D eigenvalue weighted by Gasteiger charge is 2.23. The molecule has 1 aromatic carbocycles. The van der Waals surface area contributed by atoms with Gasteiger partial charge in [-0.25, -0.2) is 4.98 Å². The normalized spacial score (nSPS) is 14.4. The van der Waals surface area contributed by atoms with Crippen molar-refractivity contribution in [3.8, 4) is 0 Å². The van der Waals surface area contributed by atoms with E-state index < -0.39 is 0 Å². The number of halogens is 1. The Morgan fingerprint density at radius 1 is 1.21 bits per heavy atom. The Bertz CT molecular complexity index is 616. The van der Waals surface area contributed by atoms with Crippen LogP contribution >= 0.6 is 11.6 Å². The second-order valence-electron chi connectivity index (χ2n) is 4.46. The van der Waals surface area contributed by atoms with Crippen LogP contribution in [0, 0.1) is 0 Å². The average molecular weight is 276 g/mol. The van der Waals surface area contributed by atoms with Gasteiger partial charge in [0.25, 0.3) is 0 Å². The van der Waals surface area contributed by atoms with Crippen LogP contribution < -0.4 is 15.5 Å². The fourth-order valence-electron chi connectivity index (χ4n) is 2.29. The molecular formula is C13H14ClN5. The molecule has 0 spiro atoms. The van der Waals surface area contributed by atoms with Gasteiger partial charge in [0.15, 0.2) is 5.82 Å². The van der Waals surface area contributed by atoms with Crippen molar-refractivity contribution >= 4 is 34.7 Å². The average Bonchev–Trinajstić information content (AvgIpc) is 2.43. The van der Waals surface area contributed by atoms with Gasteiger partial charge in [-0.2, -0.15) is 4.98 Å². The molecule has 0 amide bonds. The number of nitrogen functional groups attached to an aromatic ring is 1. The fraction of sp³-hybridized carbons (Fsp3) is 0.231. The van der Waals surface area contributed by atoms with Crippen molar-refractivity contribution < 1.29 is 0 Å². The van der Waals surface area contributed by atoms with E-state index in [0.717, 1.165) is 24.5 Å². The van der Waals surface area contributed by atoms with Gasteiger partial charge in [0.1, 0.15) is 5.02 Å². The van der Waals surface area contributed by atoms with E-state index in [1.54, 1.807) is 6.20 Å². The molecule has 0 bridgehead atoms. The van der Waals surface area contributed by atoms with Gasteiger partial charge >= 0.3 is 0 Å². The molecule has 1 aromatic heterocycles. The summed E-state index contributed by atoms with van der Waals surface area (Å²) < 4.78 is 0. The van der Waals surface area contributed by atoms with Crippen molar-refractivity contribution in [2.45, 2.75) is 0 Å². The molecule has 0 fully saturated rings. The number of hydrogen-bond donors (Lipinski definition) is 1. The Labute approximate surface area is 116 Å². The van der Waals surface area contributed by atoms with Crippen LogP contribution in [-0.4, -0.2) is 30.1 Å². The monoisotopic (exact) mass is 275 g/mol. The van der Waals surface area contributed by atoms with Crippen LogP contribution in [0.2, 0.25) is 5.02 Å². The van der Waals surface area contributed by atoms with Gasteiger partial charge in [0.05, 0.1) is 17.6 Å². The number of rotatable bonds is 1. The van der Waals surface area contributed by atoms with E-state index in [0.29, 0.717) is 10.8 Å². The van der Waals surface area contributed by atoms with E-state index in [9.17, 15) is 0 Å². The molecule has 2 heterocycles. The van der Waals surface area contributed by atoms with Crippen molar-refractivity contribution in [1.82, 2.24) is 9.97 Å². The highest BCUT2D eigenvalue weighted by Crippen LogP contribution is 2.38. The third-order valence-corrected chi connectivity index (χ3v) is 3.51. The lowest BCUT2D eigenvalue weighted by Gasteiger charge is -2.36. The topological polar surface area (TPSA) is 58.3 Å². The predicted octanol–water partition coefficient (Wildman–Crippen LogP) is 2.30. The van der Waals surface area contributed by atoms with Crippen LogP contribution in [0.5, 0.6) is 0 Å². The van der Waals surface area contributed by atoms with Crippen molar-refractivity contribution in [3.63, 3.8) is 0 Å².